The fraction of sp³-hybridized carbons (Fsp3) is 0.500. The van der Waals surface area contributed by atoms with Crippen molar-refractivity contribution in [1.29, 1.82) is 0 Å². The monoisotopic (exact) mass is 341 g/mol. The molecule has 7 heteroatoms. The van der Waals surface area contributed by atoms with E-state index in [2.05, 4.69) is 17.6 Å². The fourth-order valence-electron chi connectivity index (χ4n) is 2.31. The molecule has 0 fully saturated rings. The Balaban J connectivity index is 0.00000264. The van der Waals surface area contributed by atoms with Crippen LogP contribution in [0.1, 0.15) is 20.3 Å². The van der Waals surface area contributed by atoms with Gasteiger partial charge in [-0.1, -0.05) is 19.1 Å². The van der Waals surface area contributed by atoms with Gasteiger partial charge in [-0.05, 0) is 32.0 Å². The molecule has 1 aliphatic rings. The fourth-order valence-corrected chi connectivity index (χ4v) is 2.31. The van der Waals surface area contributed by atoms with Gasteiger partial charge in [0.2, 0.25) is 5.91 Å². The van der Waals surface area contributed by atoms with E-state index in [0.29, 0.717) is 18.0 Å². The van der Waals surface area contributed by atoms with Gasteiger partial charge in [-0.3, -0.25) is 14.5 Å². The summed E-state index contributed by atoms with van der Waals surface area (Å²) in [5, 5.41) is 6.03. The first-order chi connectivity index (χ1) is 10.6. The van der Waals surface area contributed by atoms with Crippen molar-refractivity contribution < 1.29 is 14.3 Å². The van der Waals surface area contributed by atoms with Crippen molar-refractivity contribution in [3.05, 3.63) is 24.3 Å². The van der Waals surface area contributed by atoms with Crippen LogP contribution in [0, 0.1) is 0 Å². The Morgan fingerprint density at radius 2 is 2.00 bits per heavy atom. The van der Waals surface area contributed by atoms with Crippen LogP contribution in [0.5, 0.6) is 5.75 Å². The van der Waals surface area contributed by atoms with Gasteiger partial charge in [-0.2, -0.15) is 0 Å². The van der Waals surface area contributed by atoms with E-state index in [1.807, 2.05) is 12.1 Å². The van der Waals surface area contributed by atoms with Crippen LogP contribution in [-0.2, 0) is 9.59 Å². The summed E-state index contributed by atoms with van der Waals surface area (Å²) in [4.78, 5) is 25.8. The highest BCUT2D eigenvalue weighted by atomic mass is 35.5. The van der Waals surface area contributed by atoms with Crippen molar-refractivity contribution in [2.24, 2.45) is 0 Å². The minimum atomic E-state index is -0.575. The normalized spacial score (nSPS) is 16.2. The number of para-hydroxylation sites is 2. The van der Waals surface area contributed by atoms with Gasteiger partial charge >= 0.3 is 0 Å². The molecule has 0 aromatic heterocycles. The first-order valence-electron chi connectivity index (χ1n) is 7.68. The number of fused-ring (bicyclic) bond motifs is 1. The second kappa shape index (κ2) is 9.37. The molecule has 0 radical (unpaired) electrons. The summed E-state index contributed by atoms with van der Waals surface area (Å²) in [6.45, 7) is 6.00. The van der Waals surface area contributed by atoms with Crippen molar-refractivity contribution in [2.45, 2.75) is 26.4 Å². The zero-order valence-corrected chi connectivity index (χ0v) is 14.3. The first-order valence-corrected chi connectivity index (χ1v) is 7.68. The van der Waals surface area contributed by atoms with E-state index in [-0.39, 0.29) is 30.8 Å². The van der Waals surface area contributed by atoms with Crippen molar-refractivity contribution in [3.8, 4) is 5.75 Å². The van der Waals surface area contributed by atoms with Crippen molar-refractivity contribution in [2.75, 3.05) is 31.1 Å². The minimum absolute atomic E-state index is 0. The average Bonchev–Trinajstić information content (AvgIpc) is 2.51. The van der Waals surface area contributed by atoms with Gasteiger partial charge in [-0.25, -0.2) is 0 Å². The van der Waals surface area contributed by atoms with E-state index in [0.717, 1.165) is 19.5 Å². The highest BCUT2D eigenvalue weighted by Gasteiger charge is 2.32. The number of carbonyl (C=O) groups excluding carboxylic acids is 2. The van der Waals surface area contributed by atoms with Gasteiger partial charge in [0.25, 0.3) is 5.91 Å². The Kier molecular flexibility index (Phi) is 7.85. The largest absolute Gasteiger partial charge is 0.479 e. The van der Waals surface area contributed by atoms with E-state index < -0.39 is 6.10 Å². The summed E-state index contributed by atoms with van der Waals surface area (Å²) in [6, 6.07) is 7.26. The maximum Gasteiger partial charge on any atom is 0.268 e. The Hall–Kier alpha value is -1.79. The van der Waals surface area contributed by atoms with Crippen LogP contribution in [-0.4, -0.2) is 44.1 Å². The molecular formula is C16H24ClN3O3. The quantitative estimate of drug-likeness (QED) is 0.734. The molecule has 0 aliphatic carbocycles. The minimum Gasteiger partial charge on any atom is -0.479 e. The standard InChI is InChI=1S/C16H23N3O3.ClH/c1-3-8-17-9-10-18-15(20)11-19-13-6-4-5-7-14(13)22-12(2)16(19)21;/h4-7,12,17H,3,8-11H2,1-2H3,(H,18,20);1H. The number of halogens is 1. The number of hydrogen-bond donors (Lipinski definition) is 2. The zero-order valence-electron chi connectivity index (χ0n) is 13.5. The maximum absolute atomic E-state index is 12.2. The lowest BCUT2D eigenvalue weighted by molar-refractivity contribution is -0.128. The lowest BCUT2D eigenvalue weighted by Crippen LogP contribution is -2.49. The SMILES string of the molecule is CCCNCCNC(=O)CN1C(=O)C(C)Oc2ccccc21.Cl. The number of carbonyl (C=O) groups is 2. The third-order valence-electron chi connectivity index (χ3n) is 3.43. The molecule has 1 atom stereocenters. The molecule has 0 spiro atoms. The Morgan fingerprint density at radius 3 is 2.74 bits per heavy atom. The zero-order chi connectivity index (χ0) is 15.9. The van der Waals surface area contributed by atoms with Gasteiger partial charge < -0.3 is 15.4 Å². The van der Waals surface area contributed by atoms with E-state index in [1.54, 1.807) is 19.1 Å². The number of hydrogen-bond acceptors (Lipinski definition) is 4. The summed E-state index contributed by atoms with van der Waals surface area (Å²) in [6.07, 6.45) is 0.485. The highest BCUT2D eigenvalue weighted by Crippen LogP contribution is 2.33. The number of nitrogens with zero attached hydrogens (tertiary/aromatic N) is 1. The first kappa shape index (κ1) is 19.3. The lowest BCUT2D eigenvalue weighted by Gasteiger charge is -2.32. The molecule has 0 bridgehead atoms. The summed E-state index contributed by atoms with van der Waals surface area (Å²) < 4.78 is 5.55. The molecule has 128 valence electrons. The van der Waals surface area contributed by atoms with E-state index in [4.69, 9.17) is 4.74 Å². The third-order valence-corrected chi connectivity index (χ3v) is 3.43. The Labute approximate surface area is 143 Å². The maximum atomic E-state index is 12.2. The molecule has 1 aliphatic heterocycles. The van der Waals surface area contributed by atoms with Crippen LogP contribution >= 0.6 is 12.4 Å². The molecule has 2 amide bonds. The Morgan fingerprint density at radius 1 is 1.26 bits per heavy atom. The van der Waals surface area contributed by atoms with Crippen LogP contribution in [0.2, 0.25) is 0 Å². The van der Waals surface area contributed by atoms with Gasteiger partial charge in [-0.15, -0.1) is 12.4 Å². The van der Waals surface area contributed by atoms with Crippen LogP contribution in [0.4, 0.5) is 5.69 Å². The van der Waals surface area contributed by atoms with Gasteiger partial charge in [0.15, 0.2) is 6.10 Å². The molecule has 1 aromatic carbocycles. The smallest absolute Gasteiger partial charge is 0.268 e. The molecule has 1 heterocycles. The second-order valence-corrected chi connectivity index (χ2v) is 5.25. The van der Waals surface area contributed by atoms with E-state index in [9.17, 15) is 9.59 Å². The summed E-state index contributed by atoms with van der Waals surface area (Å²) in [5.41, 5.74) is 0.643. The molecule has 2 N–H and O–H groups in total. The molecule has 0 saturated heterocycles. The molecule has 0 saturated carbocycles. The summed E-state index contributed by atoms with van der Waals surface area (Å²) in [7, 11) is 0. The van der Waals surface area contributed by atoms with Crippen molar-refractivity contribution in [1.82, 2.24) is 10.6 Å². The lowest BCUT2D eigenvalue weighted by atomic mass is 10.2. The molecule has 23 heavy (non-hydrogen) atoms. The van der Waals surface area contributed by atoms with Crippen LogP contribution < -0.4 is 20.3 Å². The van der Waals surface area contributed by atoms with Crippen molar-refractivity contribution >= 4 is 29.9 Å². The second-order valence-electron chi connectivity index (χ2n) is 5.25. The number of nitrogens with one attached hydrogen (secondary N) is 2. The number of amides is 2. The highest BCUT2D eigenvalue weighted by molar-refractivity contribution is 6.03. The predicted molar refractivity (Wildman–Crippen MR) is 92.3 cm³/mol. The topological polar surface area (TPSA) is 70.7 Å². The summed E-state index contributed by atoms with van der Waals surface area (Å²) >= 11 is 0. The van der Waals surface area contributed by atoms with Gasteiger partial charge in [0, 0.05) is 13.1 Å². The predicted octanol–water partition coefficient (Wildman–Crippen LogP) is 1.34. The third kappa shape index (κ3) is 5.11. The van der Waals surface area contributed by atoms with Crippen LogP contribution in [0.15, 0.2) is 24.3 Å². The number of rotatable bonds is 7. The van der Waals surface area contributed by atoms with E-state index in [1.165, 1.54) is 4.90 Å². The summed E-state index contributed by atoms with van der Waals surface area (Å²) in [5.74, 6) is 0.264. The Bertz CT molecular complexity index is 539. The van der Waals surface area contributed by atoms with Crippen LogP contribution in [0.3, 0.4) is 0 Å². The molecule has 6 nitrogen and oxygen atoms in total. The average molecular weight is 342 g/mol. The van der Waals surface area contributed by atoms with Gasteiger partial charge in [0.05, 0.1) is 5.69 Å². The number of benzene rings is 1. The molecule has 1 unspecified atom stereocenters. The molecule has 2 rings (SSSR count). The number of ether oxygens (including phenoxy) is 1. The van der Waals surface area contributed by atoms with Gasteiger partial charge in [0.1, 0.15) is 12.3 Å². The number of anilines is 1. The molecular weight excluding hydrogens is 318 g/mol. The van der Waals surface area contributed by atoms with Crippen LogP contribution in [0.25, 0.3) is 0 Å². The molecule has 1 aromatic rings. The van der Waals surface area contributed by atoms with Crippen molar-refractivity contribution in [3.63, 3.8) is 0 Å². The van der Waals surface area contributed by atoms with E-state index >= 15 is 0 Å².